The quantitative estimate of drug-likeness (QED) is 0.743. The molecule has 0 saturated carbocycles. The predicted octanol–water partition coefficient (Wildman–Crippen LogP) is 3.72. The Bertz CT molecular complexity index is 725. The van der Waals surface area contributed by atoms with Crippen LogP contribution in [0.2, 0.25) is 0 Å². The zero-order valence-corrected chi connectivity index (χ0v) is 14.6. The standard InChI is InChI=1S/C16H13NO3.Zn/c1-19-16-14(11-7-3-2-4-8-11)17-15(20-16)12-9-5-6-10-13(12)18;/h2-10,18H,1H3;. The largest absolute Gasteiger partial charge is 0.507 e. The summed E-state index contributed by atoms with van der Waals surface area (Å²) in [5.41, 5.74) is 2.05. The maximum absolute atomic E-state index is 9.87. The number of ether oxygens (including phenoxy) is 1. The van der Waals surface area contributed by atoms with E-state index in [2.05, 4.69) is 4.98 Å². The van der Waals surface area contributed by atoms with Crippen molar-refractivity contribution in [1.29, 1.82) is 0 Å². The molecule has 0 fully saturated rings. The van der Waals surface area contributed by atoms with E-state index in [1.54, 1.807) is 18.2 Å². The van der Waals surface area contributed by atoms with Crippen LogP contribution in [-0.2, 0) is 19.5 Å². The number of methoxy groups -OCH3 is 1. The van der Waals surface area contributed by atoms with E-state index in [0.29, 0.717) is 23.1 Å². The summed E-state index contributed by atoms with van der Waals surface area (Å²) in [4.78, 5) is 4.43. The number of para-hydroxylation sites is 1. The van der Waals surface area contributed by atoms with Crippen molar-refractivity contribution in [2.75, 3.05) is 7.11 Å². The Labute approximate surface area is 135 Å². The fraction of sp³-hybridized carbons (Fsp3) is 0.0625. The van der Waals surface area contributed by atoms with Crippen LogP contribution in [0, 0.1) is 0 Å². The van der Waals surface area contributed by atoms with Crippen LogP contribution in [-0.4, -0.2) is 17.2 Å². The Morgan fingerprint density at radius 2 is 1.67 bits per heavy atom. The van der Waals surface area contributed by atoms with E-state index in [1.807, 2.05) is 36.4 Å². The Morgan fingerprint density at radius 3 is 2.33 bits per heavy atom. The second-order valence-electron chi connectivity index (χ2n) is 4.24. The molecule has 3 rings (SSSR count). The Balaban J connectivity index is 0.00000161. The summed E-state index contributed by atoms with van der Waals surface area (Å²) in [5.74, 6) is 0.782. The topological polar surface area (TPSA) is 55.5 Å². The molecule has 1 aromatic heterocycles. The second-order valence-corrected chi connectivity index (χ2v) is 4.24. The number of oxazole rings is 1. The van der Waals surface area contributed by atoms with Gasteiger partial charge in [-0.3, -0.25) is 0 Å². The van der Waals surface area contributed by atoms with Crippen molar-refractivity contribution in [1.82, 2.24) is 4.98 Å². The normalized spacial score (nSPS) is 9.95. The molecule has 0 aliphatic carbocycles. The monoisotopic (exact) mass is 331 g/mol. The number of nitrogens with zero attached hydrogens (tertiary/aromatic N) is 1. The second kappa shape index (κ2) is 6.55. The van der Waals surface area contributed by atoms with Crippen LogP contribution in [0.4, 0.5) is 0 Å². The Kier molecular flexibility index (Phi) is 4.76. The van der Waals surface area contributed by atoms with Gasteiger partial charge in [0, 0.05) is 25.0 Å². The molecule has 1 heterocycles. The van der Waals surface area contributed by atoms with Crippen LogP contribution in [0.1, 0.15) is 0 Å². The van der Waals surface area contributed by atoms with Crippen LogP contribution < -0.4 is 4.74 Å². The van der Waals surface area contributed by atoms with Crippen molar-refractivity contribution >= 4 is 0 Å². The Hall–Kier alpha value is -2.13. The van der Waals surface area contributed by atoms with Crippen LogP contribution in [0.15, 0.2) is 59.0 Å². The van der Waals surface area contributed by atoms with Crippen molar-refractivity contribution in [3.05, 3.63) is 54.6 Å². The predicted molar refractivity (Wildman–Crippen MR) is 75.6 cm³/mol. The molecule has 4 nitrogen and oxygen atoms in total. The maximum atomic E-state index is 9.87. The van der Waals surface area contributed by atoms with Crippen molar-refractivity contribution in [2.24, 2.45) is 0 Å². The number of hydrogen-bond donors (Lipinski definition) is 1. The van der Waals surface area contributed by atoms with E-state index < -0.39 is 0 Å². The van der Waals surface area contributed by atoms with Gasteiger partial charge in [-0.2, -0.15) is 0 Å². The first-order valence-electron chi connectivity index (χ1n) is 6.18. The molecule has 1 N–H and O–H groups in total. The first kappa shape index (κ1) is 15.3. The van der Waals surface area contributed by atoms with Crippen molar-refractivity contribution in [3.63, 3.8) is 0 Å². The van der Waals surface area contributed by atoms with Crippen molar-refractivity contribution < 1.29 is 33.7 Å². The smallest absolute Gasteiger partial charge is 0.313 e. The minimum Gasteiger partial charge on any atom is -0.507 e. The minimum absolute atomic E-state index is 0. The average molecular weight is 333 g/mol. The molecule has 2 aromatic carbocycles. The number of benzene rings is 2. The molecule has 0 spiro atoms. The molecular formula is C16H13NO3Zn. The summed E-state index contributed by atoms with van der Waals surface area (Å²) >= 11 is 0. The summed E-state index contributed by atoms with van der Waals surface area (Å²) in [6.07, 6.45) is 0. The molecule has 0 aliphatic heterocycles. The van der Waals surface area contributed by atoms with Gasteiger partial charge in [-0.25, -0.2) is 4.98 Å². The van der Waals surface area contributed by atoms with Gasteiger partial charge < -0.3 is 14.3 Å². The fourth-order valence-electron chi connectivity index (χ4n) is 1.99. The van der Waals surface area contributed by atoms with Gasteiger partial charge in [-0.1, -0.05) is 42.5 Å². The van der Waals surface area contributed by atoms with E-state index in [0.717, 1.165) is 5.56 Å². The maximum Gasteiger partial charge on any atom is 0.313 e. The van der Waals surface area contributed by atoms with Crippen LogP contribution in [0.25, 0.3) is 22.7 Å². The van der Waals surface area contributed by atoms with Gasteiger partial charge in [0.15, 0.2) is 5.69 Å². The minimum atomic E-state index is 0. The van der Waals surface area contributed by atoms with Crippen molar-refractivity contribution in [2.45, 2.75) is 0 Å². The summed E-state index contributed by atoms with van der Waals surface area (Å²) < 4.78 is 10.8. The van der Waals surface area contributed by atoms with Gasteiger partial charge in [-0.05, 0) is 12.1 Å². The molecule has 3 aromatic rings. The molecule has 0 aliphatic rings. The number of aromatic hydroxyl groups is 1. The van der Waals surface area contributed by atoms with Gasteiger partial charge in [0.05, 0.1) is 12.7 Å². The number of rotatable bonds is 3. The zero-order chi connectivity index (χ0) is 13.9. The number of hydrogen-bond acceptors (Lipinski definition) is 4. The number of phenols is 1. The van der Waals surface area contributed by atoms with Crippen LogP contribution in [0.3, 0.4) is 0 Å². The third-order valence-corrected chi connectivity index (χ3v) is 2.96. The van der Waals surface area contributed by atoms with E-state index in [4.69, 9.17) is 9.15 Å². The SMILES string of the molecule is COc1oc(-c2ccccc2O)nc1-c1ccccc1.[Zn]. The number of phenolic OH excluding ortho intramolecular Hbond substituents is 1. The summed E-state index contributed by atoms with van der Waals surface area (Å²) in [6, 6.07) is 16.5. The first-order valence-corrected chi connectivity index (χ1v) is 6.18. The van der Waals surface area contributed by atoms with Crippen molar-refractivity contribution in [3.8, 4) is 34.4 Å². The van der Waals surface area contributed by atoms with Gasteiger partial charge in [0.25, 0.3) is 0 Å². The number of aromatic nitrogens is 1. The third kappa shape index (κ3) is 2.98. The van der Waals surface area contributed by atoms with Crippen LogP contribution >= 0.6 is 0 Å². The Morgan fingerprint density at radius 1 is 1.00 bits per heavy atom. The molecule has 0 amide bonds. The molecule has 0 unspecified atom stereocenters. The summed E-state index contributed by atoms with van der Waals surface area (Å²) in [6.45, 7) is 0. The third-order valence-electron chi connectivity index (χ3n) is 2.96. The van der Waals surface area contributed by atoms with Gasteiger partial charge in [-0.15, -0.1) is 0 Å². The first-order chi connectivity index (χ1) is 9.79. The average Bonchev–Trinajstić information content (AvgIpc) is 2.92. The van der Waals surface area contributed by atoms with Gasteiger partial charge >= 0.3 is 5.95 Å². The molecule has 5 heteroatoms. The fourth-order valence-corrected chi connectivity index (χ4v) is 1.99. The summed E-state index contributed by atoms with van der Waals surface area (Å²) in [7, 11) is 1.53. The molecule has 102 valence electrons. The molecule has 0 saturated heterocycles. The van der Waals surface area contributed by atoms with Gasteiger partial charge in [0.1, 0.15) is 5.75 Å². The van der Waals surface area contributed by atoms with Crippen LogP contribution in [0.5, 0.6) is 11.7 Å². The van der Waals surface area contributed by atoms with E-state index in [9.17, 15) is 5.11 Å². The molecule has 21 heavy (non-hydrogen) atoms. The van der Waals surface area contributed by atoms with E-state index >= 15 is 0 Å². The molecule has 0 bridgehead atoms. The zero-order valence-electron chi connectivity index (χ0n) is 11.6. The van der Waals surface area contributed by atoms with Gasteiger partial charge in [0.2, 0.25) is 5.89 Å². The summed E-state index contributed by atoms with van der Waals surface area (Å²) in [5, 5.41) is 9.87. The van der Waals surface area contributed by atoms with E-state index in [1.165, 1.54) is 7.11 Å². The molecule has 0 atom stereocenters. The molecule has 0 radical (unpaired) electrons. The van der Waals surface area contributed by atoms with E-state index in [-0.39, 0.29) is 25.2 Å². The molecular weight excluding hydrogens is 320 g/mol.